The molecule has 114 valence electrons. The number of anilines is 1. The Morgan fingerprint density at radius 1 is 1.38 bits per heavy atom. The number of hydrogen-bond donors (Lipinski definition) is 1. The Kier molecular flexibility index (Phi) is 4.62. The molecule has 0 amide bonds. The van der Waals surface area contributed by atoms with Crippen molar-refractivity contribution in [1.82, 2.24) is 9.97 Å². The van der Waals surface area contributed by atoms with E-state index in [1.807, 2.05) is 0 Å². The summed E-state index contributed by atoms with van der Waals surface area (Å²) in [5.41, 5.74) is 0. The molecule has 1 N–H and O–H groups in total. The SMILES string of the molecule is CCc1cc2c(N3CCCCCC3CO)nc(Cl)nc2s1. The van der Waals surface area contributed by atoms with Crippen LogP contribution < -0.4 is 4.90 Å². The summed E-state index contributed by atoms with van der Waals surface area (Å²) in [5, 5.41) is 11.1. The number of aliphatic hydroxyl groups is 1. The molecule has 21 heavy (non-hydrogen) atoms. The molecule has 0 aliphatic carbocycles. The van der Waals surface area contributed by atoms with Crippen LogP contribution in [0.1, 0.15) is 37.5 Å². The molecule has 2 aromatic rings. The lowest BCUT2D eigenvalue weighted by atomic mass is 10.1. The van der Waals surface area contributed by atoms with Crippen LogP contribution in [0, 0.1) is 0 Å². The van der Waals surface area contributed by atoms with E-state index in [0.717, 1.165) is 48.3 Å². The van der Waals surface area contributed by atoms with Gasteiger partial charge >= 0.3 is 0 Å². The maximum atomic E-state index is 9.73. The van der Waals surface area contributed by atoms with Crippen molar-refractivity contribution >= 4 is 39.0 Å². The van der Waals surface area contributed by atoms with E-state index in [1.54, 1.807) is 11.3 Å². The number of fused-ring (bicyclic) bond motifs is 1. The highest BCUT2D eigenvalue weighted by molar-refractivity contribution is 7.18. The molecule has 1 unspecified atom stereocenters. The quantitative estimate of drug-likeness (QED) is 0.875. The van der Waals surface area contributed by atoms with Crippen LogP contribution in [0.25, 0.3) is 10.2 Å². The topological polar surface area (TPSA) is 49.2 Å². The van der Waals surface area contributed by atoms with Crippen LogP contribution in [0.15, 0.2) is 6.07 Å². The summed E-state index contributed by atoms with van der Waals surface area (Å²) < 4.78 is 0. The van der Waals surface area contributed by atoms with E-state index < -0.39 is 0 Å². The molecule has 1 aliphatic rings. The summed E-state index contributed by atoms with van der Waals surface area (Å²) in [4.78, 5) is 13.3. The first kappa shape index (κ1) is 15.0. The molecular formula is C15H20ClN3OS. The zero-order chi connectivity index (χ0) is 14.8. The highest BCUT2D eigenvalue weighted by Gasteiger charge is 2.24. The van der Waals surface area contributed by atoms with Crippen molar-refractivity contribution in [1.29, 1.82) is 0 Å². The van der Waals surface area contributed by atoms with Gasteiger partial charge in [0.15, 0.2) is 0 Å². The molecule has 0 bridgehead atoms. The van der Waals surface area contributed by atoms with E-state index in [9.17, 15) is 5.11 Å². The Morgan fingerprint density at radius 3 is 3.00 bits per heavy atom. The van der Waals surface area contributed by atoms with Crippen molar-refractivity contribution in [2.75, 3.05) is 18.1 Å². The number of nitrogens with zero attached hydrogens (tertiary/aromatic N) is 3. The molecule has 3 heterocycles. The fraction of sp³-hybridized carbons (Fsp3) is 0.600. The third-order valence-electron chi connectivity index (χ3n) is 4.10. The van der Waals surface area contributed by atoms with Crippen molar-refractivity contribution in [3.63, 3.8) is 0 Å². The van der Waals surface area contributed by atoms with Gasteiger partial charge in [-0.15, -0.1) is 11.3 Å². The van der Waals surface area contributed by atoms with Gasteiger partial charge in [0.2, 0.25) is 5.28 Å². The highest BCUT2D eigenvalue weighted by atomic mass is 35.5. The summed E-state index contributed by atoms with van der Waals surface area (Å²) in [6.07, 6.45) is 5.49. The van der Waals surface area contributed by atoms with Crippen LogP contribution in [0.5, 0.6) is 0 Å². The predicted molar refractivity (Wildman–Crippen MR) is 88.5 cm³/mol. The molecule has 0 radical (unpaired) electrons. The van der Waals surface area contributed by atoms with E-state index in [-0.39, 0.29) is 12.6 Å². The zero-order valence-electron chi connectivity index (χ0n) is 12.2. The third kappa shape index (κ3) is 3.00. The maximum absolute atomic E-state index is 9.73. The number of rotatable bonds is 3. The van der Waals surface area contributed by atoms with Crippen molar-refractivity contribution in [3.8, 4) is 0 Å². The minimum atomic E-state index is 0.131. The lowest BCUT2D eigenvalue weighted by Gasteiger charge is -2.30. The van der Waals surface area contributed by atoms with E-state index >= 15 is 0 Å². The fourth-order valence-electron chi connectivity index (χ4n) is 2.97. The van der Waals surface area contributed by atoms with Crippen molar-refractivity contribution in [3.05, 3.63) is 16.2 Å². The van der Waals surface area contributed by atoms with E-state index in [1.165, 1.54) is 11.3 Å². The molecule has 1 saturated heterocycles. The summed E-state index contributed by atoms with van der Waals surface area (Å²) in [7, 11) is 0. The van der Waals surface area contributed by atoms with Crippen molar-refractivity contribution in [2.45, 2.75) is 45.1 Å². The van der Waals surface area contributed by atoms with Crippen molar-refractivity contribution < 1.29 is 5.11 Å². The predicted octanol–water partition coefficient (Wildman–Crippen LogP) is 3.65. The monoisotopic (exact) mass is 325 g/mol. The summed E-state index contributed by atoms with van der Waals surface area (Å²) in [6, 6.07) is 2.30. The van der Waals surface area contributed by atoms with Gasteiger partial charge in [-0.3, -0.25) is 0 Å². The Balaban J connectivity index is 2.10. The van der Waals surface area contributed by atoms with Crippen LogP contribution >= 0.6 is 22.9 Å². The number of halogens is 1. The largest absolute Gasteiger partial charge is 0.394 e. The number of thiophene rings is 1. The van der Waals surface area contributed by atoms with Crippen LogP contribution in [0.4, 0.5) is 5.82 Å². The molecule has 6 heteroatoms. The van der Waals surface area contributed by atoms with Gasteiger partial charge in [-0.05, 0) is 36.9 Å². The van der Waals surface area contributed by atoms with E-state index in [0.29, 0.717) is 5.28 Å². The van der Waals surface area contributed by atoms with Gasteiger partial charge in [-0.2, -0.15) is 4.98 Å². The van der Waals surface area contributed by atoms with Gasteiger partial charge in [0.05, 0.1) is 18.0 Å². The standard InChI is InChI=1S/C15H20ClN3OS/c1-2-11-8-12-13(17-15(16)18-14(12)21-11)19-7-5-3-4-6-10(19)9-20/h8,10,20H,2-7,9H2,1H3. The third-order valence-corrected chi connectivity index (χ3v) is 5.45. The Morgan fingerprint density at radius 2 is 2.24 bits per heavy atom. The second-order valence-corrected chi connectivity index (χ2v) is 6.93. The normalized spacial score (nSPS) is 20.0. The lowest BCUT2D eigenvalue weighted by Crippen LogP contribution is -2.38. The molecule has 4 nitrogen and oxygen atoms in total. The Hall–Kier alpha value is -0.910. The van der Waals surface area contributed by atoms with Crippen LogP contribution in [0.3, 0.4) is 0 Å². The van der Waals surface area contributed by atoms with Gasteiger partial charge < -0.3 is 10.0 Å². The lowest BCUT2D eigenvalue weighted by molar-refractivity contribution is 0.255. The second kappa shape index (κ2) is 6.46. The van der Waals surface area contributed by atoms with Gasteiger partial charge in [-0.1, -0.05) is 19.8 Å². The molecule has 0 spiro atoms. The summed E-state index contributed by atoms with van der Waals surface area (Å²) in [6.45, 7) is 3.22. The molecule has 0 aromatic carbocycles. The maximum Gasteiger partial charge on any atom is 0.225 e. The highest BCUT2D eigenvalue weighted by Crippen LogP contribution is 2.34. The van der Waals surface area contributed by atoms with Crippen molar-refractivity contribution in [2.24, 2.45) is 0 Å². The Labute approximate surface area is 133 Å². The van der Waals surface area contributed by atoms with Crippen LogP contribution in [0.2, 0.25) is 5.28 Å². The van der Waals surface area contributed by atoms with Gasteiger partial charge in [-0.25, -0.2) is 4.98 Å². The number of aromatic nitrogens is 2. The Bertz CT molecular complexity index is 631. The number of aryl methyl sites for hydroxylation is 1. The average Bonchev–Trinajstić information content (AvgIpc) is 2.75. The molecule has 2 aromatic heterocycles. The van der Waals surface area contributed by atoms with Gasteiger partial charge in [0.25, 0.3) is 0 Å². The minimum absolute atomic E-state index is 0.131. The fourth-order valence-corrected chi connectivity index (χ4v) is 4.15. The van der Waals surface area contributed by atoms with E-state index in [2.05, 4.69) is 27.9 Å². The van der Waals surface area contributed by atoms with E-state index in [4.69, 9.17) is 11.6 Å². The zero-order valence-corrected chi connectivity index (χ0v) is 13.8. The first-order valence-corrected chi connectivity index (χ1v) is 8.75. The summed E-state index contributed by atoms with van der Waals surface area (Å²) in [5.74, 6) is 0.891. The molecule has 0 saturated carbocycles. The molecule has 1 atom stereocenters. The van der Waals surface area contributed by atoms with Crippen LogP contribution in [-0.4, -0.2) is 34.3 Å². The van der Waals surface area contributed by atoms with Gasteiger partial charge in [0, 0.05) is 11.4 Å². The number of aliphatic hydroxyl groups excluding tert-OH is 1. The molecule has 1 aliphatic heterocycles. The molecular weight excluding hydrogens is 306 g/mol. The second-order valence-electron chi connectivity index (χ2n) is 5.48. The summed E-state index contributed by atoms with van der Waals surface area (Å²) >= 11 is 7.80. The molecule has 1 fully saturated rings. The average molecular weight is 326 g/mol. The van der Waals surface area contributed by atoms with Crippen LogP contribution in [-0.2, 0) is 6.42 Å². The minimum Gasteiger partial charge on any atom is -0.394 e. The van der Waals surface area contributed by atoms with Gasteiger partial charge in [0.1, 0.15) is 10.6 Å². The smallest absolute Gasteiger partial charge is 0.225 e. The molecule has 3 rings (SSSR count). The first-order chi connectivity index (χ1) is 10.2. The number of hydrogen-bond acceptors (Lipinski definition) is 5. The first-order valence-electron chi connectivity index (χ1n) is 7.56.